The Balaban J connectivity index is 1.28. The zero-order chi connectivity index (χ0) is 18.8. The van der Waals surface area contributed by atoms with Gasteiger partial charge < -0.3 is 19.3 Å². The highest BCUT2D eigenvalue weighted by atomic mass is 16.6. The Morgan fingerprint density at radius 3 is 2.70 bits per heavy atom. The molecule has 0 aliphatic carbocycles. The van der Waals surface area contributed by atoms with Crippen LogP contribution in [0.1, 0.15) is 19.1 Å². The molecule has 0 bridgehead atoms. The van der Waals surface area contributed by atoms with Crippen LogP contribution in [0.15, 0.2) is 30.6 Å². The molecule has 2 saturated heterocycles. The summed E-state index contributed by atoms with van der Waals surface area (Å²) in [6, 6.07) is 5.92. The van der Waals surface area contributed by atoms with Crippen molar-refractivity contribution in [3.63, 3.8) is 0 Å². The molecule has 1 atom stereocenters. The van der Waals surface area contributed by atoms with Crippen LogP contribution in [0.25, 0.3) is 11.4 Å². The van der Waals surface area contributed by atoms with Crippen LogP contribution in [0.4, 0.5) is 4.79 Å². The maximum atomic E-state index is 12.0. The van der Waals surface area contributed by atoms with E-state index in [0.717, 1.165) is 43.1 Å². The number of piperidine rings is 1. The van der Waals surface area contributed by atoms with Crippen molar-refractivity contribution in [3.8, 4) is 17.1 Å². The average molecular weight is 371 g/mol. The van der Waals surface area contributed by atoms with Gasteiger partial charge >= 0.3 is 6.03 Å². The monoisotopic (exact) mass is 371 g/mol. The second-order valence-electron chi connectivity index (χ2n) is 7.25. The predicted molar refractivity (Wildman–Crippen MR) is 99.3 cm³/mol. The number of ether oxygens (including phenoxy) is 2. The molecule has 2 amide bonds. The molecule has 0 N–H and O–H groups in total. The number of carbonyl (C=O) groups excluding carboxylic acids is 1. The van der Waals surface area contributed by atoms with Crippen molar-refractivity contribution in [1.29, 1.82) is 0 Å². The minimum Gasteiger partial charge on any atom is -0.492 e. The summed E-state index contributed by atoms with van der Waals surface area (Å²) < 4.78 is 13.1. The first kappa shape index (κ1) is 17.8. The van der Waals surface area contributed by atoms with Crippen molar-refractivity contribution in [2.45, 2.75) is 19.1 Å². The Kier molecular flexibility index (Phi) is 4.98. The van der Waals surface area contributed by atoms with Crippen molar-refractivity contribution in [2.75, 3.05) is 40.4 Å². The summed E-state index contributed by atoms with van der Waals surface area (Å²) in [6.07, 6.45) is 5.48. The Labute approximate surface area is 158 Å². The van der Waals surface area contributed by atoms with E-state index in [1.165, 1.54) is 0 Å². The third kappa shape index (κ3) is 4.05. The molecule has 2 aliphatic heterocycles. The van der Waals surface area contributed by atoms with E-state index in [1.807, 2.05) is 27.8 Å². The van der Waals surface area contributed by atoms with Gasteiger partial charge in [0.1, 0.15) is 5.75 Å². The molecule has 27 heavy (non-hydrogen) atoms. The highest BCUT2D eigenvalue weighted by Gasteiger charge is 2.28. The first-order valence-corrected chi connectivity index (χ1v) is 9.32. The number of nitrogens with zero attached hydrogens (tertiary/aromatic N) is 5. The van der Waals surface area contributed by atoms with E-state index in [0.29, 0.717) is 19.1 Å². The van der Waals surface area contributed by atoms with Gasteiger partial charge in [0.15, 0.2) is 6.23 Å². The van der Waals surface area contributed by atoms with E-state index >= 15 is 0 Å². The summed E-state index contributed by atoms with van der Waals surface area (Å²) in [5.41, 5.74) is 1.80. The van der Waals surface area contributed by atoms with E-state index in [4.69, 9.17) is 9.47 Å². The van der Waals surface area contributed by atoms with Gasteiger partial charge in [-0.3, -0.25) is 4.98 Å². The molecule has 4 rings (SSSR count). The SMILES string of the molecule is CN(C)C(=O)N1CCC(COc2ccc(-c3ccnn3C3CO3)nc2)CC1. The molecule has 0 spiro atoms. The van der Waals surface area contributed by atoms with E-state index in [2.05, 4.69) is 10.1 Å². The Bertz CT molecular complexity index is 777. The zero-order valence-electron chi connectivity index (χ0n) is 15.7. The quantitative estimate of drug-likeness (QED) is 0.754. The lowest BCUT2D eigenvalue weighted by Crippen LogP contribution is -2.44. The van der Waals surface area contributed by atoms with Crippen molar-refractivity contribution >= 4 is 6.03 Å². The third-order valence-electron chi connectivity index (χ3n) is 5.01. The van der Waals surface area contributed by atoms with E-state index in [-0.39, 0.29) is 12.3 Å². The van der Waals surface area contributed by atoms with Crippen LogP contribution in [0.5, 0.6) is 5.75 Å². The van der Waals surface area contributed by atoms with Gasteiger partial charge in [-0.05, 0) is 37.0 Å². The second-order valence-corrected chi connectivity index (χ2v) is 7.25. The number of hydrogen-bond donors (Lipinski definition) is 0. The largest absolute Gasteiger partial charge is 0.492 e. The summed E-state index contributed by atoms with van der Waals surface area (Å²) in [4.78, 5) is 20.0. The summed E-state index contributed by atoms with van der Waals surface area (Å²) >= 11 is 0. The normalized spacial score (nSPS) is 19.8. The lowest BCUT2D eigenvalue weighted by atomic mass is 9.98. The van der Waals surface area contributed by atoms with Crippen LogP contribution in [-0.4, -0.2) is 71.0 Å². The topological polar surface area (TPSA) is 76.0 Å². The molecule has 8 heteroatoms. The molecule has 0 aromatic carbocycles. The summed E-state index contributed by atoms with van der Waals surface area (Å²) in [6.45, 7) is 2.93. The second kappa shape index (κ2) is 7.56. The molecular formula is C19H25N5O3. The standard InChI is InChI=1S/C19H25N5O3/c1-22(2)19(25)23-9-6-14(7-10-23)12-26-15-3-4-16(20-11-15)17-5-8-21-24(17)18-13-27-18/h3-5,8,11,14,18H,6-7,9-10,12-13H2,1-2H3. The fourth-order valence-electron chi connectivity index (χ4n) is 3.34. The molecule has 0 saturated carbocycles. The van der Waals surface area contributed by atoms with Crippen LogP contribution in [0.2, 0.25) is 0 Å². The third-order valence-corrected chi connectivity index (χ3v) is 5.01. The van der Waals surface area contributed by atoms with Gasteiger partial charge in [-0.1, -0.05) is 0 Å². The van der Waals surface area contributed by atoms with E-state index in [9.17, 15) is 4.79 Å². The van der Waals surface area contributed by atoms with Crippen molar-refractivity contribution in [2.24, 2.45) is 5.92 Å². The smallest absolute Gasteiger partial charge is 0.319 e. The minimum absolute atomic E-state index is 0.0398. The number of pyridine rings is 1. The van der Waals surface area contributed by atoms with Gasteiger partial charge in [0, 0.05) is 33.4 Å². The number of carbonyl (C=O) groups is 1. The molecular weight excluding hydrogens is 346 g/mol. The predicted octanol–water partition coefficient (Wildman–Crippen LogP) is 2.25. The van der Waals surface area contributed by atoms with Gasteiger partial charge in [0.2, 0.25) is 0 Å². The number of likely N-dealkylation sites (tertiary alicyclic amines) is 1. The molecule has 144 valence electrons. The summed E-state index contributed by atoms with van der Waals surface area (Å²) in [5.74, 6) is 1.23. The van der Waals surface area contributed by atoms with E-state index in [1.54, 1.807) is 31.4 Å². The van der Waals surface area contributed by atoms with Gasteiger partial charge in [-0.25, -0.2) is 9.48 Å². The van der Waals surface area contributed by atoms with Crippen molar-refractivity contribution in [1.82, 2.24) is 24.6 Å². The average Bonchev–Trinajstić information content (AvgIpc) is 3.43. The van der Waals surface area contributed by atoms with Crippen LogP contribution >= 0.6 is 0 Å². The van der Waals surface area contributed by atoms with Crippen LogP contribution in [0.3, 0.4) is 0 Å². The van der Waals surface area contributed by atoms with Crippen molar-refractivity contribution in [3.05, 3.63) is 30.6 Å². The van der Waals surface area contributed by atoms with Crippen LogP contribution in [0, 0.1) is 5.92 Å². The number of aromatic nitrogens is 3. The summed E-state index contributed by atoms with van der Waals surface area (Å²) in [5, 5.41) is 4.29. The van der Waals surface area contributed by atoms with Crippen molar-refractivity contribution < 1.29 is 14.3 Å². The number of amides is 2. The first-order valence-electron chi connectivity index (χ1n) is 9.32. The fourth-order valence-corrected chi connectivity index (χ4v) is 3.34. The van der Waals surface area contributed by atoms with Crippen LogP contribution < -0.4 is 4.74 Å². The number of urea groups is 1. The highest BCUT2D eigenvalue weighted by Crippen LogP contribution is 2.29. The fraction of sp³-hybridized carbons (Fsp3) is 0.526. The Hall–Kier alpha value is -2.61. The molecule has 4 heterocycles. The number of hydrogen-bond acceptors (Lipinski definition) is 5. The molecule has 8 nitrogen and oxygen atoms in total. The zero-order valence-corrected chi connectivity index (χ0v) is 15.7. The number of epoxide rings is 1. The Morgan fingerprint density at radius 2 is 2.07 bits per heavy atom. The van der Waals surface area contributed by atoms with Crippen LogP contribution in [-0.2, 0) is 4.74 Å². The maximum absolute atomic E-state index is 12.0. The first-order chi connectivity index (χ1) is 13.1. The molecule has 2 fully saturated rings. The van der Waals surface area contributed by atoms with E-state index < -0.39 is 0 Å². The van der Waals surface area contributed by atoms with Gasteiger partial charge in [0.05, 0.1) is 30.8 Å². The molecule has 2 aliphatic rings. The minimum atomic E-state index is 0.0398. The molecule has 2 aromatic rings. The molecule has 0 radical (unpaired) electrons. The van der Waals surface area contributed by atoms with Gasteiger partial charge in [-0.2, -0.15) is 5.10 Å². The lowest BCUT2D eigenvalue weighted by Gasteiger charge is -2.33. The number of rotatable bonds is 5. The van der Waals surface area contributed by atoms with Gasteiger partial charge in [0.25, 0.3) is 0 Å². The van der Waals surface area contributed by atoms with Gasteiger partial charge in [-0.15, -0.1) is 0 Å². The summed E-state index contributed by atoms with van der Waals surface area (Å²) in [7, 11) is 3.58. The lowest BCUT2D eigenvalue weighted by molar-refractivity contribution is 0.129. The highest BCUT2D eigenvalue weighted by molar-refractivity contribution is 5.73. The molecule has 1 unspecified atom stereocenters. The maximum Gasteiger partial charge on any atom is 0.319 e. The Morgan fingerprint density at radius 1 is 1.30 bits per heavy atom. The molecule has 2 aromatic heterocycles.